The molecule has 0 unspecified atom stereocenters. The van der Waals surface area contributed by atoms with E-state index in [9.17, 15) is 14.0 Å². The van der Waals surface area contributed by atoms with Gasteiger partial charge in [0, 0.05) is 19.0 Å². The predicted molar refractivity (Wildman–Crippen MR) is 114 cm³/mol. The average Bonchev–Trinajstić information content (AvgIpc) is 2.73. The molecule has 0 aliphatic carbocycles. The third-order valence-electron chi connectivity index (χ3n) is 5.12. The molecule has 156 valence electrons. The topological polar surface area (TPSA) is 49.4 Å². The Bertz CT molecular complexity index is 777. The molecular weight excluding hydrogens is 367 g/mol. The number of carbonyl (C=O) groups excluding carboxylic acids is 2. The lowest BCUT2D eigenvalue weighted by Crippen LogP contribution is -2.50. The van der Waals surface area contributed by atoms with Gasteiger partial charge in [0.05, 0.1) is 0 Å². The van der Waals surface area contributed by atoms with Gasteiger partial charge in [-0.15, -0.1) is 0 Å². The molecular formula is C24H31FN2O2. The lowest BCUT2D eigenvalue weighted by molar-refractivity contribution is -0.141. The Hall–Kier alpha value is -2.69. The Balaban J connectivity index is 2.19. The summed E-state index contributed by atoms with van der Waals surface area (Å²) in [4.78, 5) is 27.6. The van der Waals surface area contributed by atoms with Crippen molar-refractivity contribution >= 4 is 11.8 Å². The fourth-order valence-corrected chi connectivity index (χ4v) is 3.19. The van der Waals surface area contributed by atoms with Crippen LogP contribution in [0.2, 0.25) is 0 Å². The number of aryl methyl sites for hydroxylation is 1. The Morgan fingerprint density at radius 2 is 1.62 bits per heavy atom. The van der Waals surface area contributed by atoms with E-state index in [1.807, 2.05) is 51.1 Å². The van der Waals surface area contributed by atoms with Gasteiger partial charge in [-0.2, -0.15) is 0 Å². The predicted octanol–water partition coefficient (Wildman–Crippen LogP) is 4.48. The molecule has 0 saturated heterocycles. The van der Waals surface area contributed by atoms with Crippen LogP contribution in [0.5, 0.6) is 0 Å². The summed E-state index contributed by atoms with van der Waals surface area (Å²) < 4.78 is 13.3. The lowest BCUT2D eigenvalue weighted by Gasteiger charge is -2.31. The van der Waals surface area contributed by atoms with E-state index < -0.39 is 6.04 Å². The van der Waals surface area contributed by atoms with E-state index >= 15 is 0 Å². The quantitative estimate of drug-likeness (QED) is 0.641. The van der Waals surface area contributed by atoms with Gasteiger partial charge in [-0.05, 0) is 49.4 Å². The molecule has 0 heterocycles. The van der Waals surface area contributed by atoms with Crippen molar-refractivity contribution in [1.82, 2.24) is 10.2 Å². The summed E-state index contributed by atoms with van der Waals surface area (Å²) >= 11 is 0. The Morgan fingerprint density at radius 3 is 2.21 bits per heavy atom. The van der Waals surface area contributed by atoms with Crippen LogP contribution in [0.25, 0.3) is 0 Å². The summed E-state index contributed by atoms with van der Waals surface area (Å²) in [6.45, 7) is 6.14. The minimum absolute atomic E-state index is 0.0450. The van der Waals surface area contributed by atoms with Crippen LogP contribution in [-0.2, 0) is 22.6 Å². The largest absolute Gasteiger partial charge is 0.352 e. The van der Waals surface area contributed by atoms with Crippen molar-refractivity contribution in [3.05, 3.63) is 71.5 Å². The first-order valence-electron chi connectivity index (χ1n) is 10.3. The summed E-state index contributed by atoms with van der Waals surface area (Å²) in [5, 5.41) is 2.99. The fraction of sp³-hybridized carbons (Fsp3) is 0.417. The molecule has 0 aromatic heterocycles. The van der Waals surface area contributed by atoms with Crippen molar-refractivity contribution in [2.75, 3.05) is 0 Å². The fourth-order valence-electron chi connectivity index (χ4n) is 3.19. The first-order valence-corrected chi connectivity index (χ1v) is 10.3. The Labute approximate surface area is 173 Å². The molecule has 2 amide bonds. The second kappa shape index (κ2) is 11.3. The van der Waals surface area contributed by atoms with Gasteiger partial charge in [-0.1, -0.05) is 56.3 Å². The molecule has 0 aliphatic heterocycles. The van der Waals surface area contributed by atoms with Crippen LogP contribution < -0.4 is 5.32 Å². The van der Waals surface area contributed by atoms with Gasteiger partial charge in [0.15, 0.2) is 0 Å². The average molecular weight is 399 g/mol. The molecule has 0 fully saturated rings. The highest BCUT2D eigenvalue weighted by Crippen LogP contribution is 2.16. The van der Waals surface area contributed by atoms with Gasteiger partial charge in [0.1, 0.15) is 11.9 Å². The van der Waals surface area contributed by atoms with E-state index in [0.717, 1.165) is 17.5 Å². The molecule has 29 heavy (non-hydrogen) atoms. The summed E-state index contributed by atoms with van der Waals surface area (Å²) in [6.07, 6.45) is 2.27. The summed E-state index contributed by atoms with van der Waals surface area (Å²) in [5.74, 6) is -0.543. The molecule has 0 bridgehead atoms. The smallest absolute Gasteiger partial charge is 0.243 e. The van der Waals surface area contributed by atoms with E-state index in [1.54, 1.807) is 17.0 Å². The van der Waals surface area contributed by atoms with Crippen LogP contribution in [-0.4, -0.2) is 28.8 Å². The number of nitrogens with one attached hydrogen (secondary N) is 1. The number of benzene rings is 2. The van der Waals surface area contributed by atoms with Crippen LogP contribution in [0, 0.1) is 5.82 Å². The van der Waals surface area contributed by atoms with Crippen molar-refractivity contribution < 1.29 is 14.0 Å². The number of halogens is 1. The van der Waals surface area contributed by atoms with Crippen molar-refractivity contribution in [2.45, 2.75) is 65.1 Å². The van der Waals surface area contributed by atoms with Crippen LogP contribution in [0.3, 0.4) is 0 Å². The van der Waals surface area contributed by atoms with E-state index in [0.29, 0.717) is 19.3 Å². The van der Waals surface area contributed by atoms with Gasteiger partial charge in [-0.25, -0.2) is 4.39 Å². The molecule has 0 aliphatic rings. The van der Waals surface area contributed by atoms with Crippen molar-refractivity contribution in [3.63, 3.8) is 0 Å². The number of nitrogens with zero attached hydrogens (tertiary/aromatic N) is 1. The summed E-state index contributed by atoms with van der Waals surface area (Å²) in [5.41, 5.74) is 1.88. The van der Waals surface area contributed by atoms with E-state index in [4.69, 9.17) is 0 Å². The van der Waals surface area contributed by atoms with Crippen LogP contribution >= 0.6 is 0 Å². The highest BCUT2D eigenvalue weighted by Gasteiger charge is 2.28. The molecule has 1 N–H and O–H groups in total. The zero-order valence-corrected chi connectivity index (χ0v) is 17.5. The normalized spacial score (nSPS) is 12.8. The maximum Gasteiger partial charge on any atom is 0.243 e. The maximum atomic E-state index is 13.3. The number of carbonyl (C=O) groups is 2. The second-order valence-electron chi connectivity index (χ2n) is 7.38. The van der Waals surface area contributed by atoms with Crippen molar-refractivity contribution in [1.29, 1.82) is 0 Å². The number of hydrogen-bond acceptors (Lipinski definition) is 2. The van der Waals surface area contributed by atoms with Crippen molar-refractivity contribution in [3.8, 4) is 0 Å². The number of rotatable bonds is 10. The van der Waals surface area contributed by atoms with E-state index in [1.165, 1.54) is 12.1 Å². The van der Waals surface area contributed by atoms with Crippen LogP contribution in [0.4, 0.5) is 4.39 Å². The van der Waals surface area contributed by atoms with Crippen LogP contribution in [0.1, 0.15) is 51.2 Å². The molecule has 0 spiro atoms. The van der Waals surface area contributed by atoms with Gasteiger partial charge in [0.2, 0.25) is 11.8 Å². The molecule has 0 saturated carbocycles. The molecule has 4 nitrogen and oxygen atoms in total. The molecule has 2 rings (SSSR count). The van der Waals surface area contributed by atoms with E-state index in [2.05, 4.69) is 5.32 Å². The highest BCUT2D eigenvalue weighted by atomic mass is 19.1. The zero-order chi connectivity index (χ0) is 21.2. The first kappa shape index (κ1) is 22.6. The molecule has 0 radical (unpaired) electrons. The summed E-state index contributed by atoms with van der Waals surface area (Å²) in [7, 11) is 0. The van der Waals surface area contributed by atoms with Gasteiger partial charge in [0.25, 0.3) is 0 Å². The molecule has 5 heteroatoms. The Morgan fingerprint density at radius 1 is 0.966 bits per heavy atom. The lowest BCUT2D eigenvalue weighted by atomic mass is 10.1. The molecule has 2 aromatic carbocycles. The first-order chi connectivity index (χ1) is 13.9. The van der Waals surface area contributed by atoms with Gasteiger partial charge < -0.3 is 10.2 Å². The van der Waals surface area contributed by atoms with Gasteiger partial charge in [-0.3, -0.25) is 9.59 Å². The standard InChI is InChI=1S/C24H31FN2O2/c1-4-18(3)26-24(29)22(5-2)27(17-20-11-14-21(25)15-12-20)23(28)16-13-19-9-7-6-8-10-19/h6-12,14-15,18,22H,4-5,13,16-17H2,1-3H3,(H,26,29)/t18-,22-/m1/s1. The summed E-state index contributed by atoms with van der Waals surface area (Å²) in [6, 6.07) is 15.4. The van der Waals surface area contributed by atoms with Crippen LogP contribution in [0.15, 0.2) is 54.6 Å². The monoisotopic (exact) mass is 398 g/mol. The molecule has 2 atom stereocenters. The van der Waals surface area contributed by atoms with Gasteiger partial charge >= 0.3 is 0 Å². The minimum atomic E-state index is -0.558. The number of amides is 2. The number of hydrogen-bond donors (Lipinski definition) is 1. The highest BCUT2D eigenvalue weighted by molar-refractivity contribution is 5.87. The SMILES string of the molecule is CC[C@@H](C)NC(=O)[C@@H](CC)N(Cc1ccc(F)cc1)C(=O)CCc1ccccc1. The third kappa shape index (κ3) is 7.00. The minimum Gasteiger partial charge on any atom is -0.352 e. The maximum absolute atomic E-state index is 13.3. The second-order valence-corrected chi connectivity index (χ2v) is 7.38. The van der Waals surface area contributed by atoms with E-state index in [-0.39, 0.29) is 30.2 Å². The Kier molecular flexibility index (Phi) is 8.84. The van der Waals surface area contributed by atoms with Crippen molar-refractivity contribution in [2.24, 2.45) is 0 Å². The third-order valence-corrected chi connectivity index (χ3v) is 5.12. The molecule has 2 aromatic rings. The zero-order valence-electron chi connectivity index (χ0n) is 17.5.